The fraction of sp³-hybridized carbons (Fsp3) is 0.650. The minimum Gasteiger partial charge on any atom is -0.481 e. The molecule has 0 aromatic heterocycles. The summed E-state index contributed by atoms with van der Waals surface area (Å²) in [5, 5.41) is 10.1. The number of aliphatic carboxylic acids is 1. The fourth-order valence-electron chi connectivity index (χ4n) is 8.12. The Bertz CT molecular complexity index is 706. The van der Waals surface area contributed by atoms with Gasteiger partial charge in [0.2, 0.25) is 0 Å². The zero-order valence-corrected chi connectivity index (χ0v) is 12.8. The average molecular weight is 294 g/mol. The van der Waals surface area contributed by atoms with E-state index in [9.17, 15) is 9.90 Å². The summed E-state index contributed by atoms with van der Waals surface area (Å²) in [5.74, 6) is 1.03. The molecule has 22 heavy (non-hydrogen) atoms. The SMILES string of the molecule is O=C(O)C12CC3CC4(C1)C(CC4(c1ccccc1)C2)C31CC1. The van der Waals surface area contributed by atoms with E-state index >= 15 is 0 Å². The van der Waals surface area contributed by atoms with Gasteiger partial charge < -0.3 is 5.11 Å². The smallest absolute Gasteiger partial charge is 0.309 e. The number of rotatable bonds is 2. The Kier molecular flexibility index (Phi) is 1.74. The van der Waals surface area contributed by atoms with Gasteiger partial charge >= 0.3 is 5.97 Å². The molecule has 5 atom stereocenters. The highest BCUT2D eigenvalue weighted by atomic mass is 16.4. The van der Waals surface area contributed by atoms with Crippen molar-refractivity contribution in [2.45, 2.75) is 50.4 Å². The molecular formula is C20H22O2. The van der Waals surface area contributed by atoms with Crippen LogP contribution >= 0.6 is 0 Å². The minimum absolute atomic E-state index is 0.179. The van der Waals surface area contributed by atoms with Gasteiger partial charge in [0, 0.05) is 5.41 Å². The van der Waals surface area contributed by atoms with Crippen molar-refractivity contribution in [3.8, 4) is 0 Å². The third-order valence-electron chi connectivity index (χ3n) is 8.83. The molecule has 0 saturated heterocycles. The molecule has 2 spiro atoms. The number of carboxylic acid groups (broad SMARTS) is 1. The molecule has 0 heterocycles. The van der Waals surface area contributed by atoms with Gasteiger partial charge in [0.1, 0.15) is 0 Å². The maximum absolute atomic E-state index is 12.2. The molecule has 0 radical (unpaired) electrons. The lowest BCUT2D eigenvalue weighted by molar-refractivity contribution is -0.151. The number of fused-ring (bicyclic) bond motifs is 4. The van der Waals surface area contributed by atoms with Gasteiger partial charge in [0.05, 0.1) is 5.41 Å². The van der Waals surface area contributed by atoms with Crippen molar-refractivity contribution in [1.82, 2.24) is 0 Å². The Morgan fingerprint density at radius 1 is 1.05 bits per heavy atom. The van der Waals surface area contributed by atoms with Gasteiger partial charge in [-0.1, -0.05) is 30.3 Å². The summed E-state index contributed by atoms with van der Waals surface area (Å²) in [6.07, 6.45) is 8.18. The zero-order chi connectivity index (χ0) is 14.8. The van der Waals surface area contributed by atoms with Crippen LogP contribution in [0.2, 0.25) is 0 Å². The van der Waals surface area contributed by atoms with Crippen molar-refractivity contribution < 1.29 is 9.90 Å². The highest BCUT2D eigenvalue weighted by molar-refractivity contribution is 5.77. The molecule has 2 nitrogen and oxygen atoms in total. The first-order valence-corrected chi connectivity index (χ1v) is 8.86. The second kappa shape index (κ2) is 3.16. The number of hydrogen-bond donors (Lipinski definition) is 1. The molecule has 6 rings (SSSR count). The lowest BCUT2D eigenvalue weighted by Gasteiger charge is -2.61. The molecule has 0 amide bonds. The Hall–Kier alpha value is -1.31. The normalized spacial score (nSPS) is 51.6. The van der Waals surface area contributed by atoms with Crippen LogP contribution in [0.4, 0.5) is 0 Å². The van der Waals surface area contributed by atoms with Crippen LogP contribution in [-0.4, -0.2) is 11.1 Å². The number of carboxylic acids is 1. The van der Waals surface area contributed by atoms with Gasteiger partial charge in [-0.05, 0) is 73.2 Å². The van der Waals surface area contributed by atoms with Crippen molar-refractivity contribution in [3.05, 3.63) is 35.9 Å². The van der Waals surface area contributed by atoms with Crippen LogP contribution in [0, 0.1) is 28.1 Å². The maximum atomic E-state index is 12.2. The zero-order valence-electron chi connectivity index (χ0n) is 12.8. The quantitative estimate of drug-likeness (QED) is 0.895. The monoisotopic (exact) mass is 294 g/mol. The summed E-state index contributed by atoms with van der Waals surface area (Å²) in [6.45, 7) is 0. The summed E-state index contributed by atoms with van der Waals surface area (Å²) in [5.41, 5.74) is 2.09. The third-order valence-corrected chi connectivity index (χ3v) is 8.83. The Balaban J connectivity index is 1.59. The minimum atomic E-state index is -0.502. The molecule has 1 aromatic rings. The van der Waals surface area contributed by atoms with Crippen molar-refractivity contribution in [2.75, 3.05) is 0 Å². The second-order valence-electron chi connectivity index (χ2n) is 9.14. The Morgan fingerprint density at radius 3 is 2.50 bits per heavy atom. The van der Waals surface area contributed by atoms with Crippen molar-refractivity contribution in [2.24, 2.45) is 28.1 Å². The molecule has 0 aliphatic heterocycles. The van der Waals surface area contributed by atoms with Gasteiger partial charge in [-0.25, -0.2) is 0 Å². The number of carbonyl (C=O) groups is 1. The molecule has 1 aromatic carbocycles. The lowest BCUT2D eigenvalue weighted by atomic mass is 9.43. The van der Waals surface area contributed by atoms with Crippen LogP contribution < -0.4 is 0 Å². The van der Waals surface area contributed by atoms with Crippen LogP contribution in [0.1, 0.15) is 50.5 Å². The first-order chi connectivity index (χ1) is 10.6. The van der Waals surface area contributed by atoms with E-state index in [0.29, 0.717) is 16.7 Å². The molecule has 5 saturated carbocycles. The summed E-state index contributed by atoms with van der Waals surface area (Å²) in [6, 6.07) is 10.9. The Labute approximate surface area is 130 Å². The van der Waals surface area contributed by atoms with E-state index in [1.54, 1.807) is 0 Å². The van der Waals surface area contributed by atoms with Gasteiger partial charge in [0.15, 0.2) is 0 Å². The molecule has 5 aliphatic rings. The van der Waals surface area contributed by atoms with Gasteiger partial charge in [-0.15, -0.1) is 0 Å². The summed E-state index contributed by atoms with van der Waals surface area (Å²) < 4.78 is 0. The van der Waals surface area contributed by atoms with E-state index < -0.39 is 11.4 Å². The summed E-state index contributed by atoms with van der Waals surface area (Å²) >= 11 is 0. The average Bonchev–Trinajstić information content (AvgIpc) is 3.27. The summed E-state index contributed by atoms with van der Waals surface area (Å²) in [7, 11) is 0. The molecular weight excluding hydrogens is 272 g/mol. The lowest BCUT2D eigenvalue weighted by Crippen LogP contribution is -2.57. The van der Waals surface area contributed by atoms with E-state index in [-0.39, 0.29) is 5.41 Å². The topological polar surface area (TPSA) is 37.3 Å². The summed E-state index contributed by atoms with van der Waals surface area (Å²) in [4.78, 5) is 12.2. The largest absolute Gasteiger partial charge is 0.481 e. The predicted octanol–water partition coefficient (Wildman–Crippen LogP) is 4.00. The first-order valence-electron chi connectivity index (χ1n) is 8.86. The maximum Gasteiger partial charge on any atom is 0.309 e. The van der Waals surface area contributed by atoms with E-state index in [0.717, 1.165) is 25.2 Å². The molecule has 3 bridgehead atoms. The fourth-order valence-corrected chi connectivity index (χ4v) is 8.12. The predicted molar refractivity (Wildman–Crippen MR) is 82.4 cm³/mol. The molecule has 5 unspecified atom stereocenters. The van der Waals surface area contributed by atoms with Gasteiger partial charge in [-0.3, -0.25) is 4.79 Å². The van der Waals surface area contributed by atoms with Gasteiger partial charge in [-0.2, -0.15) is 0 Å². The van der Waals surface area contributed by atoms with Crippen LogP contribution in [0.3, 0.4) is 0 Å². The molecule has 5 aliphatic carbocycles. The third kappa shape index (κ3) is 0.969. The molecule has 1 N–H and O–H groups in total. The Morgan fingerprint density at radius 2 is 1.82 bits per heavy atom. The van der Waals surface area contributed by atoms with Crippen LogP contribution in [0.15, 0.2) is 30.3 Å². The van der Waals surface area contributed by atoms with Crippen LogP contribution in [0.5, 0.6) is 0 Å². The number of hydrogen-bond acceptors (Lipinski definition) is 1. The number of benzene rings is 1. The van der Waals surface area contributed by atoms with Crippen molar-refractivity contribution in [3.63, 3.8) is 0 Å². The first kappa shape index (κ1) is 12.2. The second-order valence-corrected chi connectivity index (χ2v) is 9.14. The van der Waals surface area contributed by atoms with Crippen LogP contribution in [-0.2, 0) is 10.2 Å². The van der Waals surface area contributed by atoms with E-state index in [1.807, 2.05) is 0 Å². The van der Waals surface area contributed by atoms with Crippen molar-refractivity contribution >= 4 is 5.97 Å². The van der Waals surface area contributed by atoms with Crippen LogP contribution in [0.25, 0.3) is 0 Å². The van der Waals surface area contributed by atoms with E-state index in [1.165, 1.54) is 31.2 Å². The van der Waals surface area contributed by atoms with E-state index in [4.69, 9.17) is 0 Å². The van der Waals surface area contributed by atoms with Crippen molar-refractivity contribution in [1.29, 1.82) is 0 Å². The molecule has 2 heteroatoms. The molecule has 5 fully saturated rings. The molecule has 114 valence electrons. The highest BCUT2D eigenvalue weighted by Gasteiger charge is 2.86. The van der Waals surface area contributed by atoms with Gasteiger partial charge in [0.25, 0.3) is 0 Å². The highest BCUT2D eigenvalue weighted by Crippen LogP contribution is 2.91. The standard InChI is InChI=1S/C20H22O2/c21-16(22)17-8-14-9-20(12-17)15(18(14)6-7-18)10-19(20,11-17)13-4-2-1-3-5-13/h1-5,14-15H,6-12H2,(H,21,22). The van der Waals surface area contributed by atoms with E-state index in [2.05, 4.69) is 30.3 Å².